The molecule has 0 saturated carbocycles. The van der Waals surface area contributed by atoms with Gasteiger partial charge in [-0.1, -0.05) is 18.2 Å². The molecule has 0 aliphatic carbocycles. The number of carbonyl (C=O) groups excluding carboxylic acids is 1. The molecule has 1 amide bonds. The molecular formula is C24H27FN2O4. The molecule has 3 rings (SSSR count). The van der Waals surface area contributed by atoms with E-state index in [9.17, 15) is 9.18 Å². The lowest BCUT2D eigenvalue weighted by atomic mass is 9.96. The van der Waals surface area contributed by atoms with Gasteiger partial charge in [0.25, 0.3) is 5.91 Å². The van der Waals surface area contributed by atoms with E-state index in [1.165, 1.54) is 12.1 Å². The van der Waals surface area contributed by atoms with Crippen LogP contribution < -0.4 is 10.1 Å². The molecule has 2 aromatic rings. The SMILES string of the molecule is C=CC[C@]1(C(=O)NCCc2ccc(F)cc2)COC(c2ccc(OCCCO)cc2)=N1. The first-order valence-electron chi connectivity index (χ1n) is 10.3. The summed E-state index contributed by atoms with van der Waals surface area (Å²) in [6, 6.07) is 13.5. The first-order chi connectivity index (χ1) is 15.1. The third kappa shape index (κ3) is 5.92. The highest BCUT2D eigenvalue weighted by molar-refractivity contribution is 6.00. The maximum Gasteiger partial charge on any atom is 0.251 e. The van der Waals surface area contributed by atoms with Crippen LogP contribution in [0, 0.1) is 5.82 Å². The average Bonchev–Trinajstić information content (AvgIpc) is 3.21. The molecule has 0 spiro atoms. The maximum absolute atomic E-state index is 13.0. The van der Waals surface area contributed by atoms with Crippen LogP contribution in [0.15, 0.2) is 66.2 Å². The number of benzene rings is 2. The summed E-state index contributed by atoms with van der Waals surface area (Å²) in [5.74, 6) is 0.574. The predicted molar refractivity (Wildman–Crippen MR) is 117 cm³/mol. The van der Waals surface area contributed by atoms with Crippen LogP contribution in [0.2, 0.25) is 0 Å². The van der Waals surface area contributed by atoms with Crippen molar-refractivity contribution in [2.24, 2.45) is 4.99 Å². The summed E-state index contributed by atoms with van der Waals surface area (Å²) < 4.78 is 24.3. The highest BCUT2D eigenvalue weighted by Gasteiger charge is 2.43. The van der Waals surface area contributed by atoms with E-state index in [1.54, 1.807) is 30.3 Å². The summed E-state index contributed by atoms with van der Waals surface area (Å²) in [6.45, 7) is 4.82. The third-order valence-corrected chi connectivity index (χ3v) is 4.95. The van der Waals surface area contributed by atoms with Crippen LogP contribution in [-0.4, -0.2) is 48.8 Å². The van der Waals surface area contributed by atoms with Gasteiger partial charge in [-0.2, -0.15) is 0 Å². The van der Waals surface area contributed by atoms with Crippen molar-refractivity contribution in [1.29, 1.82) is 0 Å². The van der Waals surface area contributed by atoms with Crippen LogP contribution in [0.1, 0.15) is 24.0 Å². The van der Waals surface area contributed by atoms with Gasteiger partial charge >= 0.3 is 0 Å². The monoisotopic (exact) mass is 426 g/mol. The van der Waals surface area contributed by atoms with Crippen molar-refractivity contribution in [3.8, 4) is 5.75 Å². The van der Waals surface area contributed by atoms with E-state index in [0.29, 0.717) is 44.1 Å². The van der Waals surface area contributed by atoms with Crippen molar-refractivity contribution in [3.05, 3.63) is 78.1 Å². The number of halogens is 1. The first-order valence-corrected chi connectivity index (χ1v) is 10.3. The van der Waals surface area contributed by atoms with Gasteiger partial charge in [-0.3, -0.25) is 4.79 Å². The Bertz CT molecular complexity index is 912. The summed E-state index contributed by atoms with van der Waals surface area (Å²) in [6.07, 6.45) is 3.16. The fraction of sp³-hybridized carbons (Fsp3) is 0.333. The minimum atomic E-state index is -1.06. The molecule has 7 heteroatoms. The van der Waals surface area contributed by atoms with Crippen molar-refractivity contribution in [2.45, 2.75) is 24.8 Å². The second kappa shape index (κ2) is 10.7. The fourth-order valence-corrected chi connectivity index (χ4v) is 3.23. The van der Waals surface area contributed by atoms with E-state index in [2.05, 4.69) is 16.9 Å². The molecule has 1 atom stereocenters. The van der Waals surface area contributed by atoms with E-state index in [1.807, 2.05) is 12.1 Å². The molecule has 1 heterocycles. The van der Waals surface area contributed by atoms with Crippen LogP contribution in [0.4, 0.5) is 4.39 Å². The average molecular weight is 426 g/mol. The van der Waals surface area contributed by atoms with Crippen molar-refractivity contribution in [2.75, 3.05) is 26.4 Å². The van der Waals surface area contributed by atoms with Crippen LogP contribution >= 0.6 is 0 Å². The number of rotatable bonds is 11. The lowest BCUT2D eigenvalue weighted by Gasteiger charge is -2.21. The number of nitrogens with zero attached hydrogens (tertiary/aromatic N) is 1. The summed E-state index contributed by atoms with van der Waals surface area (Å²) in [4.78, 5) is 17.5. The van der Waals surface area contributed by atoms with Crippen molar-refractivity contribution in [1.82, 2.24) is 5.32 Å². The molecule has 2 N–H and O–H groups in total. The molecule has 164 valence electrons. The molecule has 0 fully saturated rings. The minimum Gasteiger partial charge on any atom is -0.494 e. The Morgan fingerprint density at radius 1 is 1.26 bits per heavy atom. The number of ether oxygens (including phenoxy) is 2. The molecule has 1 aliphatic heterocycles. The zero-order chi connectivity index (χ0) is 22.1. The standard InChI is InChI=1S/C24H27FN2O4/c1-2-13-24(23(29)26-14-12-18-4-8-20(25)9-5-18)17-31-22(27-24)19-6-10-21(11-7-19)30-16-3-15-28/h2,4-11,28H,1,3,12-17H2,(H,26,29)/t24-/m1/s1. The second-order valence-electron chi connectivity index (χ2n) is 7.31. The van der Waals surface area contributed by atoms with Gasteiger partial charge in [0, 0.05) is 31.6 Å². The largest absolute Gasteiger partial charge is 0.494 e. The Hall–Kier alpha value is -3.19. The molecule has 0 saturated heterocycles. The van der Waals surface area contributed by atoms with E-state index < -0.39 is 5.54 Å². The summed E-state index contributed by atoms with van der Waals surface area (Å²) in [5.41, 5.74) is 0.628. The highest BCUT2D eigenvalue weighted by atomic mass is 19.1. The number of aliphatic hydroxyl groups is 1. The van der Waals surface area contributed by atoms with Gasteiger partial charge in [-0.15, -0.1) is 6.58 Å². The maximum atomic E-state index is 13.0. The van der Waals surface area contributed by atoms with E-state index in [0.717, 1.165) is 11.1 Å². The topological polar surface area (TPSA) is 80.2 Å². The quantitative estimate of drug-likeness (QED) is 0.428. The van der Waals surface area contributed by atoms with Crippen molar-refractivity contribution < 1.29 is 23.8 Å². The molecule has 0 radical (unpaired) electrons. The van der Waals surface area contributed by atoms with E-state index >= 15 is 0 Å². The van der Waals surface area contributed by atoms with Crippen molar-refractivity contribution >= 4 is 11.8 Å². The Morgan fingerprint density at radius 2 is 2.00 bits per heavy atom. The van der Waals surface area contributed by atoms with E-state index in [-0.39, 0.29) is 24.9 Å². The number of nitrogens with one attached hydrogen (secondary N) is 1. The van der Waals surface area contributed by atoms with Crippen LogP contribution in [0.3, 0.4) is 0 Å². The smallest absolute Gasteiger partial charge is 0.251 e. The van der Waals surface area contributed by atoms with Gasteiger partial charge in [-0.25, -0.2) is 9.38 Å². The van der Waals surface area contributed by atoms with Gasteiger partial charge in [0.1, 0.15) is 18.2 Å². The molecule has 1 aliphatic rings. The van der Waals surface area contributed by atoms with Crippen LogP contribution in [0.5, 0.6) is 5.75 Å². The number of carbonyl (C=O) groups is 1. The van der Waals surface area contributed by atoms with Gasteiger partial charge in [0.15, 0.2) is 5.54 Å². The number of aliphatic hydroxyl groups excluding tert-OH is 1. The number of hydrogen-bond acceptors (Lipinski definition) is 5. The number of hydrogen-bond donors (Lipinski definition) is 2. The molecular weight excluding hydrogens is 399 g/mol. The molecule has 0 bridgehead atoms. The Morgan fingerprint density at radius 3 is 2.68 bits per heavy atom. The Kier molecular flexibility index (Phi) is 7.78. The first kappa shape index (κ1) is 22.5. The molecule has 2 aromatic carbocycles. The summed E-state index contributed by atoms with van der Waals surface area (Å²) in [7, 11) is 0. The number of aliphatic imine (C=N–C) groups is 1. The summed E-state index contributed by atoms with van der Waals surface area (Å²) >= 11 is 0. The predicted octanol–water partition coefficient (Wildman–Crippen LogP) is 3.04. The molecule has 0 aromatic heterocycles. The zero-order valence-electron chi connectivity index (χ0n) is 17.4. The lowest BCUT2D eigenvalue weighted by molar-refractivity contribution is -0.126. The Labute approximate surface area is 181 Å². The van der Waals surface area contributed by atoms with Crippen LogP contribution in [-0.2, 0) is 16.0 Å². The minimum absolute atomic E-state index is 0.0834. The number of amides is 1. The molecule has 6 nitrogen and oxygen atoms in total. The van der Waals surface area contributed by atoms with Gasteiger partial charge in [-0.05, 0) is 48.4 Å². The molecule has 0 unspecified atom stereocenters. The van der Waals surface area contributed by atoms with Gasteiger partial charge < -0.3 is 19.9 Å². The highest BCUT2D eigenvalue weighted by Crippen LogP contribution is 2.27. The van der Waals surface area contributed by atoms with Crippen LogP contribution in [0.25, 0.3) is 0 Å². The second-order valence-corrected chi connectivity index (χ2v) is 7.31. The van der Waals surface area contributed by atoms with E-state index in [4.69, 9.17) is 14.6 Å². The van der Waals surface area contributed by atoms with Gasteiger partial charge in [0.05, 0.1) is 6.61 Å². The lowest BCUT2D eigenvalue weighted by Crippen LogP contribution is -2.47. The van der Waals surface area contributed by atoms with Crippen molar-refractivity contribution in [3.63, 3.8) is 0 Å². The van der Waals surface area contributed by atoms with Gasteiger partial charge in [0.2, 0.25) is 5.90 Å². The Balaban J connectivity index is 1.63. The zero-order valence-corrected chi connectivity index (χ0v) is 17.4. The normalized spacial score (nSPS) is 17.5. The fourth-order valence-electron chi connectivity index (χ4n) is 3.23. The molecule has 31 heavy (non-hydrogen) atoms. The third-order valence-electron chi connectivity index (χ3n) is 4.95. The summed E-state index contributed by atoms with van der Waals surface area (Å²) in [5, 5.41) is 11.7.